The van der Waals surface area contributed by atoms with Gasteiger partial charge in [0.05, 0.1) is 17.1 Å². The van der Waals surface area contributed by atoms with Crippen molar-refractivity contribution in [3.8, 4) is 27.6 Å². The van der Waals surface area contributed by atoms with Gasteiger partial charge in [0, 0.05) is 10.9 Å². The van der Waals surface area contributed by atoms with Gasteiger partial charge in [0.2, 0.25) is 0 Å². The summed E-state index contributed by atoms with van der Waals surface area (Å²) in [5.74, 6) is -0.301. The molecule has 0 bridgehead atoms. The van der Waals surface area contributed by atoms with Crippen LogP contribution in [-0.4, -0.2) is 20.0 Å². The van der Waals surface area contributed by atoms with Crippen LogP contribution in [0.15, 0.2) is 60.0 Å². The van der Waals surface area contributed by atoms with Crippen LogP contribution in [0.3, 0.4) is 0 Å². The van der Waals surface area contributed by atoms with Crippen molar-refractivity contribution in [3.63, 3.8) is 0 Å². The molecule has 0 amide bonds. The van der Waals surface area contributed by atoms with Crippen LogP contribution in [0.25, 0.3) is 27.6 Å². The average Bonchev–Trinajstić information content (AvgIpc) is 3.22. The summed E-state index contributed by atoms with van der Waals surface area (Å²) in [6.45, 7) is 1.91. The van der Waals surface area contributed by atoms with Crippen molar-refractivity contribution in [2.45, 2.75) is 6.92 Å². The molecule has 0 spiro atoms. The van der Waals surface area contributed by atoms with E-state index in [1.807, 2.05) is 42.6 Å². The van der Waals surface area contributed by atoms with Crippen LogP contribution in [-0.2, 0) is 0 Å². The van der Waals surface area contributed by atoms with Gasteiger partial charge in [0.1, 0.15) is 16.5 Å². The van der Waals surface area contributed by atoms with Crippen LogP contribution >= 0.6 is 11.3 Å². The van der Waals surface area contributed by atoms with Crippen molar-refractivity contribution in [2.75, 3.05) is 0 Å². The van der Waals surface area contributed by atoms with Crippen LogP contribution in [0.5, 0.6) is 0 Å². The number of hydrogen-bond donors (Lipinski definition) is 0. The summed E-state index contributed by atoms with van der Waals surface area (Å²) in [5.41, 5.74) is 4.16. The fourth-order valence-corrected chi connectivity index (χ4v) is 3.37. The van der Waals surface area contributed by atoms with Crippen LogP contribution in [0, 0.1) is 12.7 Å². The predicted molar refractivity (Wildman–Crippen MR) is 92.6 cm³/mol. The Morgan fingerprint density at radius 3 is 2.67 bits per heavy atom. The smallest absolute Gasteiger partial charge is 0.146 e. The minimum atomic E-state index is -0.301. The SMILES string of the molecule is Cc1c(-c2nc(-c3ccccc3)cs2)nnn1-c1cccc(F)c1. The average molecular weight is 336 g/mol. The maximum Gasteiger partial charge on any atom is 0.146 e. The molecule has 0 radical (unpaired) electrons. The van der Waals surface area contributed by atoms with Gasteiger partial charge in [0.25, 0.3) is 0 Å². The van der Waals surface area contributed by atoms with E-state index in [4.69, 9.17) is 0 Å². The lowest BCUT2D eigenvalue weighted by Crippen LogP contribution is -1.99. The molecule has 2 aromatic heterocycles. The zero-order valence-electron chi connectivity index (χ0n) is 12.8. The Morgan fingerprint density at radius 1 is 1.04 bits per heavy atom. The topological polar surface area (TPSA) is 43.6 Å². The summed E-state index contributed by atoms with van der Waals surface area (Å²) in [6, 6.07) is 16.3. The minimum Gasteiger partial charge on any atom is -0.234 e. The van der Waals surface area contributed by atoms with Crippen molar-refractivity contribution in [2.24, 2.45) is 0 Å². The van der Waals surface area contributed by atoms with E-state index in [0.717, 1.165) is 22.0 Å². The van der Waals surface area contributed by atoms with E-state index in [1.54, 1.807) is 16.8 Å². The molecule has 4 nitrogen and oxygen atoms in total. The normalized spacial score (nSPS) is 10.9. The third-order valence-electron chi connectivity index (χ3n) is 3.72. The van der Waals surface area contributed by atoms with Crippen LogP contribution in [0.4, 0.5) is 4.39 Å². The quantitative estimate of drug-likeness (QED) is 0.553. The largest absolute Gasteiger partial charge is 0.234 e. The third-order valence-corrected chi connectivity index (χ3v) is 4.57. The summed E-state index contributed by atoms with van der Waals surface area (Å²) in [4.78, 5) is 4.66. The Bertz CT molecular complexity index is 991. The fourth-order valence-electron chi connectivity index (χ4n) is 2.50. The van der Waals surface area contributed by atoms with Gasteiger partial charge in [-0.1, -0.05) is 41.6 Å². The second kappa shape index (κ2) is 5.98. The monoisotopic (exact) mass is 336 g/mol. The zero-order valence-corrected chi connectivity index (χ0v) is 13.7. The van der Waals surface area contributed by atoms with E-state index in [1.165, 1.54) is 23.5 Å². The van der Waals surface area contributed by atoms with Gasteiger partial charge in [-0.3, -0.25) is 0 Å². The van der Waals surface area contributed by atoms with Crippen molar-refractivity contribution in [3.05, 3.63) is 71.5 Å². The Hall–Kier alpha value is -2.86. The van der Waals surface area contributed by atoms with Gasteiger partial charge in [-0.2, -0.15) is 0 Å². The van der Waals surface area contributed by atoms with E-state index in [9.17, 15) is 4.39 Å². The highest BCUT2D eigenvalue weighted by Gasteiger charge is 2.16. The molecule has 0 N–H and O–H groups in total. The van der Waals surface area contributed by atoms with E-state index < -0.39 is 0 Å². The first-order chi connectivity index (χ1) is 11.7. The van der Waals surface area contributed by atoms with Gasteiger partial charge < -0.3 is 0 Å². The zero-order chi connectivity index (χ0) is 16.5. The lowest BCUT2D eigenvalue weighted by molar-refractivity contribution is 0.624. The molecule has 0 saturated carbocycles. The molecule has 2 aromatic carbocycles. The molecule has 4 rings (SSSR count). The number of thiazole rings is 1. The Morgan fingerprint density at radius 2 is 1.88 bits per heavy atom. The molecule has 118 valence electrons. The molecule has 0 aliphatic rings. The van der Waals surface area contributed by atoms with Crippen molar-refractivity contribution < 1.29 is 4.39 Å². The third kappa shape index (κ3) is 2.61. The molecule has 4 aromatic rings. The lowest BCUT2D eigenvalue weighted by Gasteiger charge is -2.02. The first-order valence-electron chi connectivity index (χ1n) is 7.42. The highest BCUT2D eigenvalue weighted by atomic mass is 32.1. The maximum absolute atomic E-state index is 13.4. The van der Waals surface area contributed by atoms with Crippen LogP contribution in [0.1, 0.15) is 5.69 Å². The van der Waals surface area contributed by atoms with Gasteiger partial charge in [-0.25, -0.2) is 14.1 Å². The van der Waals surface area contributed by atoms with Gasteiger partial charge in [-0.05, 0) is 25.1 Å². The molecule has 6 heteroatoms. The second-order valence-corrected chi connectivity index (χ2v) is 6.18. The van der Waals surface area contributed by atoms with Crippen LogP contribution < -0.4 is 0 Å². The second-order valence-electron chi connectivity index (χ2n) is 5.32. The standard InChI is InChI=1S/C18H13FN4S/c1-12-17(21-22-23(12)15-9-5-8-14(19)10-15)18-20-16(11-24-18)13-6-3-2-4-7-13/h2-11H,1H3. The molecule has 0 fully saturated rings. The first kappa shape index (κ1) is 14.7. The Kier molecular flexibility index (Phi) is 3.66. The maximum atomic E-state index is 13.4. The van der Waals surface area contributed by atoms with E-state index in [-0.39, 0.29) is 5.82 Å². The molecular weight excluding hydrogens is 323 g/mol. The predicted octanol–water partition coefficient (Wildman–Crippen LogP) is 4.51. The summed E-state index contributed by atoms with van der Waals surface area (Å²) in [6.07, 6.45) is 0. The molecule has 0 aliphatic heterocycles. The molecule has 0 aliphatic carbocycles. The number of halogens is 1. The van der Waals surface area contributed by atoms with Gasteiger partial charge in [0.15, 0.2) is 0 Å². The minimum absolute atomic E-state index is 0.301. The fraction of sp³-hybridized carbons (Fsp3) is 0.0556. The van der Waals surface area contributed by atoms with Gasteiger partial charge in [-0.15, -0.1) is 16.4 Å². The number of benzene rings is 2. The summed E-state index contributed by atoms with van der Waals surface area (Å²) in [7, 11) is 0. The van der Waals surface area contributed by atoms with E-state index >= 15 is 0 Å². The molecule has 2 heterocycles. The number of nitrogens with zero attached hydrogens (tertiary/aromatic N) is 4. The first-order valence-corrected chi connectivity index (χ1v) is 8.30. The van der Waals surface area contributed by atoms with Crippen molar-refractivity contribution in [1.29, 1.82) is 0 Å². The van der Waals surface area contributed by atoms with Crippen molar-refractivity contribution >= 4 is 11.3 Å². The summed E-state index contributed by atoms with van der Waals surface area (Å²) >= 11 is 1.52. The van der Waals surface area contributed by atoms with Crippen LogP contribution in [0.2, 0.25) is 0 Å². The van der Waals surface area contributed by atoms with E-state index in [0.29, 0.717) is 11.4 Å². The molecular formula is C18H13FN4S. The lowest BCUT2D eigenvalue weighted by atomic mass is 10.2. The molecule has 24 heavy (non-hydrogen) atoms. The summed E-state index contributed by atoms with van der Waals surface area (Å²) < 4.78 is 15.1. The summed E-state index contributed by atoms with van der Waals surface area (Å²) in [5, 5.41) is 11.2. The highest BCUT2D eigenvalue weighted by Crippen LogP contribution is 2.30. The number of hydrogen-bond acceptors (Lipinski definition) is 4. The molecule has 0 atom stereocenters. The number of aromatic nitrogens is 4. The van der Waals surface area contributed by atoms with Gasteiger partial charge >= 0.3 is 0 Å². The Balaban J connectivity index is 1.73. The highest BCUT2D eigenvalue weighted by molar-refractivity contribution is 7.13. The Labute approximate surface area is 142 Å². The molecule has 0 saturated heterocycles. The molecule has 0 unspecified atom stereocenters. The van der Waals surface area contributed by atoms with E-state index in [2.05, 4.69) is 15.3 Å². The van der Waals surface area contributed by atoms with Crippen molar-refractivity contribution in [1.82, 2.24) is 20.0 Å². The number of rotatable bonds is 3.